The van der Waals surface area contributed by atoms with Gasteiger partial charge in [0.15, 0.2) is 0 Å². The third kappa shape index (κ3) is 2.76. The number of hydrogen-bond acceptors (Lipinski definition) is 0. The van der Waals surface area contributed by atoms with E-state index in [4.69, 9.17) is 11.6 Å². The molecule has 3 rings (SSSR count). The average molecular weight is 285 g/mol. The highest BCUT2D eigenvalue weighted by Crippen LogP contribution is 2.38. The van der Waals surface area contributed by atoms with Crippen molar-refractivity contribution in [1.82, 2.24) is 0 Å². The van der Waals surface area contributed by atoms with E-state index in [9.17, 15) is 0 Å². The largest absolute Gasteiger partial charge is 0.0840 e. The van der Waals surface area contributed by atoms with E-state index in [1.54, 1.807) is 0 Å². The normalized spacial score (nSPS) is 16.3. The molecule has 20 heavy (non-hydrogen) atoms. The zero-order valence-corrected chi connectivity index (χ0v) is 12.8. The van der Waals surface area contributed by atoms with Crippen LogP contribution in [0.25, 0.3) is 11.1 Å². The van der Waals surface area contributed by atoms with Gasteiger partial charge in [-0.3, -0.25) is 0 Å². The zero-order valence-electron chi connectivity index (χ0n) is 12.0. The Morgan fingerprint density at radius 3 is 2.40 bits per heavy atom. The molecule has 0 radical (unpaired) electrons. The van der Waals surface area contributed by atoms with Crippen molar-refractivity contribution in [2.24, 2.45) is 0 Å². The Bertz CT molecular complexity index is 594. The maximum Gasteiger partial charge on any atom is 0.0446 e. The summed E-state index contributed by atoms with van der Waals surface area (Å²) < 4.78 is 0. The van der Waals surface area contributed by atoms with E-state index in [0.29, 0.717) is 5.92 Å². The van der Waals surface area contributed by atoms with Crippen molar-refractivity contribution in [3.63, 3.8) is 0 Å². The molecule has 0 aromatic heterocycles. The summed E-state index contributed by atoms with van der Waals surface area (Å²) in [6.07, 6.45) is 6.67. The minimum atomic E-state index is 0.669. The second-order valence-corrected chi connectivity index (χ2v) is 6.29. The van der Waals surface area contributed by atoms with Crippen molar-refractivity contribution in [3.8, 4) is 11.1 Å². The summed E-state index contributed by atoms with van der Waals surface area (Å²) >= 11 is 6.56. The monoisotopic (exact) mass is 284 g/mol. The van der Waals surface area contributed by atoms with Gasteiger partial charge in [-0.25, -0.2) is 0 Å². The van der Waals surface area contributed by atoms with Crippen molar-refractivity contribution in [2.45, 2.75) is 44.9 Å². The van der Waals surface area contributed by atoms with Gasteiger partial charge in [0.25, 0.3) is 0 Å². The molecule has 0 unspecified atom stereocenters. The maximum atomic E-state index is 6.56. The number of hydrogen-bond donors (Lipinski definition) is 0. The molecule has 0 aliphatic heterocycles. The Labute approximate surface area is 126 Å². The van der Waals surface area contributed by atoms with Crippen LogP contribution in [0.3, 0.4) is 0 Å². The molecule has 2 aromatic carbocycles. The van der Waals surface area contributed by atoms with Gasteiger partial charge in [0.2, 0.25) is 0 Å². The van der Waals surface area contributed by atoms with Crippen LogP contribution in [0.15, 0.2) is 42.5 Å². The molecule has 0 N–H and O–H groups in total. The quantitative estimate of drug-likeness (QED) is 0.601. The topological polar surface area (TPSA) is 0 Å². The van der Waals surface area contributed by atoms with E-state index in [1.165, 1.54) is 54.4 Å². The molecule has 0 nitrogen and oxygen atoms in total. The molecule has 0 bridgehead atoms. The summed E-state index contributed by atoms with van der Waals surface area (Å²) in [6, 6.07) is 15.1. The zero-order chi connectivity index (χ0) is 13.9. The molecule has 104 valence electrons. The SMILES string of the molecule is Cc1ccccc1-c1ccc(C2CCCCC2)c(Cl)c1. The van der Waals surface area contributed by atoms with Crippen molar-refractivity contribution in [1.29, 1.82) is 0 Å². The second-order valence-electron chi connectivity index (χ2n) is 5.89. The first-order valence-corrected chi connectivity index (χ1v) is 7.99. The fraction of sp³-hybridized carbons (Fsp3) is 0.368. The van der Waals surface area contributed by atoms with Gasteiger partial charge in [-0.05, 0) is 54.0 Å². The molecule has 1 heteroatoms. The fourth-order valence-corrected chi connectivity index (χ4v) is 3.67. The molecule has 0 saturated heterocycles. The van der Waals surface area contributed by atoms with Crippen molar-refractivity contribution in [3.05, 3.63) is 58.6 Å². The van der Waals surface area contributed by atoms with Crippen molar-refractivity contribution < 1.29 is 0 Å². The van der Waals surface area contributed by atoms with Crippen LogP contribution in [0.1, 0.15) is 49.1 Å². The molecular formula is C19H21Cl. The standard InChI is InChI=1S/C19H21Cl/c1-14-7-5-6-10-17(14)16-11-12-18(19(20)13-16)15-8-3-2-4-9-15/h5-7,10-13,15H,2-4,8-9H2,1H3. The average Bonchev–Trinajstić information content (AvgIpc) is 2.48. The van der Waals surface area contributed by atoms with E-state index in [2.05, 4.69) is 49.4 Å². The van der Waals surface area contributed by atoms with Gasteiger partial charge in [0.05, 0.1) is 0 Å². The van der Waals surface area contributed by atoms with Crippen LogP contribution in [0.4, 0.5) is 0 Å². The summed E-state index contributed by atoms with van der Waals surface area (Å²) in [5, 5.41) is 0.942. The lowest BCUT2D eigenvalue weighted by Gasteiger charge is -2.23. The van der Waals surface area contributed by atoms with Gasteiger partial charge in [0, 0.05) is 5.02 Å². The molecule has 0 spiro atoms. The van der Waals surface area contributed by atoms with E-state index >= 15 is 0 Å². The smallest absolute Gasteiger partial charge is 0.0446 e. The van der Waals surface area contributed by atoms with E-state index < -0.39 is 0 Å². The molecular weight excluding hydrogens is 264 g/mol. The van der Waals surface area contributed by atoms with Crippen LogP contribution < -0.4 is 0 Å². The summed E-state index contributed by atoms with van der Waals surface area (Å²) in [6.45, 7) is 2.15. The Morgan fingerprint density at radius 1 is 0.950 bits per heavy atom. The summed E-state index contributed by atoms with van der Waals surface area (Å²) in [5.74, 6) is 0.669. The van der Waals surface area contributed by atoms with Gasteiger partial charge in [-0.1, -0.05) is 67.3 Å². The van der Waals surface area contributed by atoms with E-state index in [-0.39, 0.29) is 0 Å². The van der Waals surface area contributed by atoms with E-state index in [1.807, 2.05) is 0 Å². The minimum absolute atomic E-state index is 0.669. The second kappa shape index (κ2) is 6.01. The molecule has 0 atom stereocenters. The van der Waals surface area contributed by atoms with E-state index in [0.717, 1.165) is 5.02 Å². The third-order valence-corrected chi connectivity index (χ3v) is 4.83. The number of halogens is 1. The highest BCUT2D eigenvalue weighted by molar-refractivity contribution is 6.31. The fourth-order valence-electron chi connectivity index (χ4n) is 3.34. The molecule has 1 fully saturated rings. The van der Waals surface area contributed by atoms with Gasteiger partial charge < -0.3 is 0 Å². The maximum absolute atomic E-state index is 6.56. The van der Waals surface area contributed by atoms with Crippen LogP contribution in [-0.4, -0.2) is 0 Å². The molecule has 1 aliphatic rings. The van der Waals surface area contributed by atoms with Gasteiger partial charge in [0.1, 0.15) is 0 Å². The molecule has 1 saturated carbocycles. The number of aryl methyl sites for hydroxylation is 1. The van der Waals surface area contributed by atoms with Crippen LogP contribution in [0.5, 0.6) is 0 Å². The highest BCUT2D eigenvalue weighted by Gasteiger charge is 2.18. The van der Waals surface area contributed by atoms with Crippen LogP contribution >= 0.6 is 11.6 Å². The third-order valence-electron chi connectivity index (χ3n) is 4.50. The van der Waals surface area contributed by atoms with Crippen LogP contribution in [0.2, 0.25) is 5.02 Å². The molecule has 1 aliphatic carbocycles. The minimum Gasteiger partial charge on any atom is -0.0840 e. The summed E-state index contributed by atoms with van der Waals surface area (Å²) in [7, 11) is 0. The Hall–Kier alpha value is -1.27. The Kier molecular flexibility index (Phi) is 4.12. The molecule has 0 amide bonds. The lowest BCUT2D eigenvalue weighted by Crippen LogP contribution is -2.05. The predicted octanol–water partition coefficient (Wildman–Crippen LogP) is 6.36. The number of benzene rings is 2. The first-order chi connectivity index (χ1) is 9.75. The Balaban J connectivity index is 1.93. The number of rotatable bonds is 2. The Morgan fingerprint density at radius 2 is 1.70 bits per heavy atom. The lowest BCUT2D eigenvalue weighted by molar-refractivity contribution is 0.444. The summed E-state index contributed by atoms with van der Waals surface area (Å²) in [5.41, 5.74) is 5.16. The molecule has 0 heterocycles. The van der Waals surface area contributed by atoms with Crippen LogP contribution in [-0.2, 0) is 0 Å². The van der Waals surface area contributed by atoms with Crippen molar-refractivity contribution in [2.75, 3.05) is 0 Å². The first kappa shape index (κ1) is 13.7. The van der Waals surface area contributed by atoms with Gasteiger partial charge in [-0.15, -0.1) is 0 Å². The first-order valence-electron chi connectivity index (χ1n) is 7.61. The predicted molar refractivity (Wildman–Crippen MR) is 87.5 cm³/mol. The van der Waals surface area contributed by atoms with Gasteiger partial charge >= 0.3 is 0 Å². The highest BCUT2D eigenvalue weighted by atomic mass is 35.5. The lowest BCUT2D eigenvalue weighted by atomic mass is 9.83. The summed E-state index contributed by atoms with van der Waals surface area (Å²) in [4.78, 5) is 0. The van der Waals surface area contributed by atoms with Gasteiger partial charge in [-0.2, -0.15) is 0 Å². The van der Waals surface area contributed by atoms with Crippen molar-refractivity contribution >= 4 is 11.6 Å². The molecule has 2 aromatic rings. The van der Waals surface area contributed by atoms with Crippen LogP contribution in [0, 0.1) is 6.92 Å².